The van der Waals surface area contributed by atoms with Gasteiger partial charge in [0.05, 0.1) is 11.6 Å². The maximum Gasteiger partial charge on any atom is 0.198 e. The van der Waals surface area contributed by atoms with Gasteiger partial charge in [-0.1, -0.05) is 60.7 Å². The molecule has 0 fully saturated rings. The molecule has 3 rings (SSSR count). The average molecular weight is 277 g/mol. The minimum absolute atomic E-state index is 0.143. The molecule has 3 nitrogen and oxygen atoms in total. The van der Waals surface area contributed by atoms with E-state index in [9.17, 15) is 10.4 Å². The van der Waals surface area contributed by atoms with Crippen LogP contribution in [0, 0.1) is 11.3 Å². The van der Waals surface area contributed by atoms with Crippen LogP contribution < -0.4 is 0 Å². The highest BCUT2D eigenvalue weighted by Gasteiger charge is 2.31. The molecule has 2 aromatic rings. The van der Waals surface area contributed by atoms with E-state index in [1.165, 1.54) is 0 Å². The second-order valence-electron chi connectivity index (χ2n) is 4.99. The van der Waals surface area contributed by atoms with Crippen LogP contribution in [0.15, 0.2) is 66.2 Å². The molecule has 3 heteroatoms. The van der Waals surface area contributed by atoms with Crippen LogP contribution in [0.5, 0.6) is 0 Å². The van der Waals surface area contributed by atoms with Crippen molar-refractivity contribution >= 4 is 5.76 Å². The Balaban J connectivity index is 2.11. The Morgan fingerprint density at radius 2 is 1.62 bits per heavy atom. The number of allylic oxidation sites excluding steroid dienone is 1. The Kier molecular flexibility index (Phi) is 3.72. The summed E-state index contributed by atoms with van der Waals surface area (Å²) in [4.78, 5) is 0. The number of rotatable bonds is 2. The van der Waals surface area contributed by atoms with Gasteiger partial charge in [0, 0.05) is 17.9 Å². The van der Waals surface area contributed by atoms with Crippen molar-refractivity contribution in [1.82, 2.24) is 0 Å². The van der Waals surface area contributed by atoms with Crippen molar-refractivity contribution in [3.8, 4) is 6.07 Å². The quantitative estimate of drug-likeness (QED) is 0.914. The smallest absolute Gasteiger partial charge is 0.198 e. The normalized spacial score (nSPS) is 21.5. The molecule has 1 heterocycles. The first-order chi connectivity index (χ1) is 10.3. The molecule has 2 aromatic carbocycles. The largest absolute Gasteiger partial charge is 0.463 e. The summed E-state index contributed by atoms with van der Waals surface area (Å²) in [6.45, 7) is 0. The monoisotopic (exact) mass is 277 g/mol. The van der Waals surface area contributed by atoms with E-state index in [4.69, 9.17) is 4.74 Å². The minimum Gasteiger partial charge on any atom is -0.463 e. The number of aliphatic hydroxyl groups is 1. The molecular formula is C18H15NO2. The first kappa shape index (κ1) is 13.4. The van der Waals surface area contributed by atoms with Gasteiger partial charge in [-0.3, -0.25) is 0 Å². The van der Waals surface area contributed by atoms with E-state index in [0.717, 1.165) is 11.1 Å². The zero-order chi connectivity index (χ0) is 14.7. The van der Waals surface area contributed by atoms with Crippen LogP contribution in [0.25, 0.3) is 5.76 Å². The Labute approximate surface area is 123 Å². The van der Waals surface area contributed by atoms with Gasteiger partial charge in [0.1, 0.15) is 5.76 Å². The van der Waals surface area contributed by atoms with Crippen molar-refractivity contribution in [3.05, 3.63) is 77.4 Å². The van der Waals surface area contributed by atoms with E-state index >= 15 is 0 Å². The fourth-order valence-electron chi connectivity index (χ4n) is 2.66. The Morgan fingerprint density at radius 3 is 2.24 bits per heavy atom. The van der Waals surface area contributed by atoms with Gasteiger partial charge in [-0.25, -0.2) is 0 Å². The zero-order valence-electron chi connectivity index (χ0n) is 11.4. The highest BCUT2D eigenvalue weighted by Crippen LogP contribution is 2.39. The van der Waals surface area contributed by atoms with Gasteiger partial charge in [0.15, 0.2) is 6.29 Å². The Hall–Kier alpha value is -2.57. The molecule has 0 aliphatic carbocycles. The first-order valence-electron chi connectivity index (χ1n) is 6.89. The maximum atomic E-state index is 10.0. The van der Waals surface area contributed by atoms with Crippen molar-refractivity contribution in [2.24, 2.45) is 0 Å². The molecule has 0 amide bonds. The molecule has 0 spiro atoms. The van der Waals surface area contributed by atoms with Gasteiger partial charge >= 0.3 is 0 Å². The number of ether oxygens (including phenoxy) is 1. The summed E-state index contributed by atoms with van der Waals surface area (Å²) in [5, 5.41) is 19.6. The van der Waals surface area contributed by atoms with Crippen LogP contribution in [-0.2, 0) is 4.74 Å². The first-order valence-corrected chi connectivity index (χ1v) is 6.89. The van der Waals surface area contributed by atoms with Crippen molar-refractivity contribution in [3.63, 3.8) is 0 Å². The molecule has 0 saturated heterocycles. The van der Waals surface area contributed by atoms with Gasteiger partial charge in [0.2, 0.25) is 0 Å². The summed E-state index contributed by atoms with van der Waals surface area (Å²) in [6, 6.07) is 21.5. The number of nitriles is 1. The van der Waals surface area contributed by atoms with Crippen LogP contribution in [0.3, 0.4) is 0 Å². The van der Waals surface area contributed by atoms with E-state index in [-0.39, 0.29) is 5.92 Å². The SMILES string of the molecule is N#CC1=C(c2ccccc2)O[C@@H](O)C[C@@H]1c1ccccc1. The molecule has 0 unspecified atom stereocenters. The highest BCUT2D eigenvalue weighted by molar-refractivity contribution is 5.69. The van der Waals surface area contributed by atoms with Gasteiger partial charge in [-0.05, 0) is 5.56 Å². The lowest BCUT2D eigenvalue weighted by molar-refractivity contribution is -0.0545. The molecular weight excluding hydrogens is 262 g/mol. The van der Waals surface area contributed by atoms with E-state index in [1.54, 1.807) is 0 Å². The molecule has 21 heavy (non-hydrogen) atoms. The second-order valence-corrected chi connectivity index (χ2v) is 4.99. The van der Waals surface area contributed by atoms with Crippen molar-refractivity contribution in [1.29, 1.82) is 5.26 Å². The summed E-state index contributed by atoms with van der Waals surface area (Å²) in [5.74, 6) is 0.334. The molecule has 0 aromatic heterocycles. The van der Waals surface area contributed by atoms with Gasteiger partial charge < -0.3 is 9.84 Å². The van der Waals surface area contributed by atoms with E-state index in [1.807, 2.05) is 60.7 Å². The van der Waals surface area contributed by atoms with Gasteiger partial charge in [0.25, 0.3) is 0 Å². The third kappa shape index (κ3) is 2.67. The molecule has 0 bridgehead atoms. The number of nitrogens with zero attached hydrogens (tertiary/aromatic N) is 1. The number of aliphatic hydroxyl groups excluding tert-OH is 1. The van der Waals surface area contributed by atoms with E-state index in [2.05, 4.69) is 6.07 Å². The van der Waals surface area contributed by atoms with Crippen LogP contribution in [0.1, 0.15) is 23.5 Å². The van der Waals surface area contributed by atoms with E-state index < -0.39 is 6.29 Å². The fraction of sp³-hybridized carbons (Fsp3) is 0.167. The number of hydrogen-bond donors (Lipinski definition) is 1. The lowest BCUT2D eigenvalue weighted by atomic mass is 9.85. The third-order valence-corrected chi connectivity index (χ3v) is 3.64. The van der Waals surface area contributed by atoms with Crippen molar-refractivity contribution < 1.29 is 9.84 Å². The summed E-state index contributed by atoms with van der Waals surface area (Å²) in [7, 11) is 0. The van der Waals surface area contributed by atoms with Gasteiger partial charge in [-0.2, -0.15) is 5.26 Å². The van der Waals surface area contributed by atoms with Crippen LogP contribution >= 0.6 is 0 Å². The highest BCUT2D eigenvalue weighted by atomic mass is 16.6. The molecule has 1 aliphatic rings. The molecule has 104 valence electrons. The number of hydrogen-bond acceptors (Lipinski definition) is 3. The predicted octanol–water partition coefficient (Wildman–Crippen LogP) is 3.44. The minimum atomic E-state index is -0.900. The topological polar surface area (TPSA) is 53.2 Å². The van der Waals surface area contributed by atoms with Crippen LogP contribution in [0.2, 0.25) is 0 Å². The Morgan fingerprint density at radius 1 is 1.00 bits per heavy atom. The molecule has 0 saturated carbocycles. The molecule has 1 N–H and O–H groups in total. The Bertz CT molecular complexity index is 686. The third-order valence-electron chi connectivity index (χ3n) is 3.64. The van der Waals surface area contributed by atoms with Crippen molar-refractivity contribution in [2.75, 3.05) is 0 Å². The number of benzene rings is 2. The summed E-state index contributed by atoms with van der Waals surface area (Å²) < 4.78 is 5.54. The lowest BCUT2D eigenvalue weighted by Crippen LogP contribution is -2.23. The lowest BCUT2D eigenvalue weighted by Gasteiger charge is -2.29. The summed E-state index contributed by atoms with van der Waals surface area (Å²) in [6.07, 6.45) is -0.508. The molecule has 0 radical (unpaired) electrons. The molecule has 2 atom stereocenters. The molecule has 1 aliphatic heterocycles. The average Bonchev–Trinajstić information content (AvgIpc) is 2.55. The van der Waals surface area contributed by atoms with Gasteiger partial charge in [-0.15, -0.1) is 0 Å². The van der Waals surface area contributed by atoms with Crippen LogP contribution in [0.4, 0.5) is 0 Å². The standard InChI is InChI=1S/C18H15NO2/c19-12-16-15(13-7-3-1-4-8-13)11-17(20)21-18(16)14-9-5-2-6-10-14/h1-10,15,17,20H,11H2/t15-,17-/m1/s1. The second kappa shape index (κ2) is 5.82. The predicted molar refractivity (Wildman–Crippen MR) is 79.9 cm³/mol. The zero-order valence-corrected chi connectivity index (χ0v) is 11.4. The van der Waals surface area contributed by atoms with Crippen molar-refractivity contribution in [2.45, 2.75) is 18.6 Å². The van der Waals surface area contributed by atoms with Crippen LogP contribution in [-0.4, -0.2) is 11.4 Å². The fourth-order valence-corrected chi connectivity index (χ4v) is 2.66. The summed E-state index contributed by atoms with van der Waals surface area (Å²) in [5.41, 5.74) is 2.40. The maximum absolute atomic E-state index is 10.0. The summed E-state index contributed by atoms with van der Waals surface area (Å²) >= 11 is 0. The van der Waals surface area contributed by atoms with E-state index in [0.29, 0.717) is 17.8 Å².